The Hall–Kier alpha value is -1.75. The summed E-state index contributed by atoms with van der Waals surface area (Å²) in [5, 5.41) is 14.4. The van der Waals surface area contributed by atoms with Crippen molar-refractivity contribution in [1.82, 2.24) is 10.6 Å². The summed E-state index contributed by atoms with van der Waals surface area (Å²) in [6.45, 7) is 7.67. The average Bonchev–Trinajstić information content (AvgIpc) is 2.45. The Morgan fingerprint density at radius 1 is 1.09 bits per heavy atom. The van der Waals surface area contributed by atoms with Gasteiger partial charge in [-0.15, -0.1) is 0 Å². The van der Waals surface area contributed by atoms with Crippen LogP contribution in [0.2, 0.25) is 0 Å². The number of carbonyl (C=O) groups excluding carboxylic acids is 1. The van der Waals surface area contributed by atoms with Crippen LogP contribution in [0.25, 0.3) is 0 Å². The smallest absolute Gasteiger partial charge is 0.315 e. The SMILES string of the molecule is CC(CO)NC(=O)NC(C)CCc1ccc(OC(C)C)cc1. The number of urea groups is 1. The van der Waals surface area contributed by atoms with Gasteiger partial charge in [0.15, 0.2) is 0 Å². The second-order valence-electron chi connectivity index (χ2n) is 5.95. The van der Waals surface area contributed by atoms with E-state index >= 15 is 0 Å². The van der Waals surface area contributed by atoms with Gasteiger partial charge in [0.1, 0.15) is 5.75 Å². The van der Waals surface area contributed by atoms with E-state index in [1.807, 2.05) is 32.9 Å². The maximum absolute atomic E-state index is 11.6. The molecule has 0 aliphatic carbocycles. The summed E-state index contributed by atoms with van der Waals surface area (Å²) in [6.07, 6.45) is 1.92. The molecule has 2 atom stereocenters. The van der Waals surface area contributed by atoms with E-state index in [9.17, 15) is 4.79 Å². The molecule has 0 saturated carbocycles. The van der Waals surface area contributed by atoms with Crippen LogP contribution in [-0.2, 0) is 6.42 Å². The molecule has 2 unspecified atom stereocenters. The van der Waals surface area contributed by atoms with Crippen molar-refractivity contribution in [1.29, 1.82) is 0 Å². The standard InChI is InChI=1S/C17H28N2O3/c1-12(2)22-16-9-7-15(8-10-16)6-5-13(3)18-17(21)19-14(4)11-20/h7-10,12-14,20H,5-6,11H2,1-4H3,(H2,18,19,21). The number of amides is 2. The van der Waals surface area contributed by atoms with Crippen LogP contribution in [-0.4, -0.2) is 35.9 Å². The number of aliphatic hydroxyl groups is 1. The third-order valence-electron chi connectivity index (χ3n) is 3.19. The molecule has 0 fully saturated rings. The summed E-state index contributed by atoms with van der Waals surface area (Å²) in [4.78, 5) is 11.6. The largest absolute Gasteiger partial charge is 0.491 e. The normalized spacial score (nSPS) is 13.5. The Morgan fingerprint density at radius 2 is 1.68 bits per heavy atom. The van der Waals surface area contributed by atoms with E-state index < -0.39 is 0 Å². The lowest BCUT2D eigenvalue weighted by molar-refractivity contribution is 0.217. The van der Waals surface area contributed by atoms with Crippen molar-refractivity contribution < 1.29 is 14.6 Å². The van der Waals surface area contributed by atoms with Gasteiger partial charge in [-0.3, -0.25) is 0 Å². The highest BCUT2D eigenvalue weighted by Crippen LogP contribution is 2.15. The molecule has 1 aromatic rings. The second-order valence-corrected chi connectivity index (χ2v) is 5.95. The van der Waals surface area contributed by atoms with Gasteiger partial charge in [0.25, 0.3) is 0 Å². The minimum Gasteiger partial charge on any atom is -0.491 e. The molecule has 0 heterocycles. The van der Waals surface area contributed by atoms with Crippen LogP contribution in [0, 0.1) is 0 Å². The van der Waals surface area contributed by atoms with Crippen molar-refractivity contribution in [2.24, 2.45) is 0 Å². The van der Waals surface area contributed by atoms with Crippen molar-refractivity contribution in [2.45, 2.75) is 58.7 Å². The van der Waals surface area contributed by atoms with Gasteiger partial charge in [0.05, 0.1) is 18.8 Å². The molecular weight excluding hydrogens is 280 g/mol. The van der Waals surface area contributed by atoms with E-state index in [1.165, 1.54) is 5.56 Å². The second kappa shape index (κ2) is 9.30. The van der Waals surface area contributed by atoms with Crippen molar-refractivity contribution in [2.75, 3.05) is 6.61 Å². The fourth-order valence-electron chi connectivity index (χ4n) is 2.00. The summed E-state index contributed by atoms with van der Waals surface area (Å²) in [6, 6.07) is 7.65. The van der Waals surface area contributed by atoms with E-state index in [0.717, 1.165) is 18.6 Å². The Balaban J connectivity index is 2.34. The molecule has 0 aromatic heterocycles. The molecule has 0 radical (unpaired) electrons. The van der Waals surface area contributed by atoms with Gasteiger partial charge in [0.2, 0.25) is 0 Å². The molecule has 1 rings (SSSR count). The fourth-order valence-corrected chi connectivity index (χ4v) is 2.00. The van der Waals surface area contributed by atoms with E-state index in [-0.39, 0.29) is 30.8 Å². The first-order chi connectivity index (χ1) is 10.4. The number of benzene rings is 1. The molecule has 0 saturated heterocycles. The molecule has 0 spiro atoms. The van der Waals surface area contributed by atoms with Crippen LogP contribution in [0.4, 0.5) is 4.79 Å². The minimum absolute atomic E-state index is 0.0629. The number of carbonyl (C=O) groups is 1. The minimum atomic E-state index is -0.241. The maximum atomic E-state index is 11.6. The summed E-state index contributed by atoms with van der Waals surface area (Å²) < 4.78 is 5.61. The molecule has 22 heavy (non-hydrogen) atoms. The average molecular weight is 308 g/mol. The van der Waals surface area contributed by atoms with Crippen LogP contribution in [0.15, 0.2) is 24.3 Å². The molecular formula is C17H28N2O3. The molecule has 0 aliphatic heterocycles. The third kappa shape index (κ3) is 7.31. The van der Waals surface area contributed by atoms with Crippen LogP contribution in [0.1, 0.15) is 39.7 Å². The number of ether oxygens (including phenoxy) is 1. The zero-order valence-electron chi connectivity index (χ0n) is 13.9. The first kappa shape index (κ1) is 18.3. The molecule has 0 aliphatic rings. The number of aryl methyl sites for hydroxylation is 1. The van der Waals surface area contributed by atoms with E-state index in [0.29, 0.717) is 0 Å². The molecule has 5 nitrogen and oxygen atoms in total. The van der Waals surface area contributed by atoms with Gasteiger partial charge in [-0.2, -0.15) is 0 Å². The molecule has 124 valence electrons. The fraction of sp³-hybridized carbons (Fsp3) is 0.588. The van der Waals surface area contributed by atoms with Crippen LogP contribution >= 0.6 is 0 Å². The summed E-state index contributed by atoms with van der Waals surface area (Å²) in [5.74, 6) is 0.877. The third-order valence-corrected chi connectivity index (χ3v) is 3.19. The molecule has 2 amide bonds. The van der Waals surface area contributed by atoms with Gasteiger partial charge in [-0.05, 0) is 58.2 Å². The van der Waals surface area contributed by atoms with Crippen molar-refractivity contribution in [3.8, 4) is 5.75 Å². The first-order valence-corrected chi connectivity index (χ1v) is 7.84. The van der Waals surface area contributed by atoms with Gasteiger partial charge < -0.3 is 20.5 Å². The predicted octanol–water partition coefficient (Wildman–Crippen LogP) is 2.47. The molecule has 0 bridgehead atoms. The summed E-state index contributed by atoms with van der Waals surface area (Å²) in [7, 11) is 0. The van der Waals surface area contributed by atoms with Crippen molar-refractivity contribution >= 4 is 6.03 Å². The van der Waals surface area contributed by atoms with E-state index in [4.69, 9.17) is 9.84 Å². The number of rotatable bonds is 8. The Labute approximate surface area is 133 Å². The summed E-state index contributed by atoms with van der Waals surface area (Å²) in [5.41, 5.74) is 1.22. The lowest BCUT2D eigenvalue weighted by Gasteiger charge is -2.17. The zero-order valence-corrected chi connectivity index (χ0v) is 13.9. The first-order valence-electron chi connectivity index (χ1n) is 7.84. The van der Waals surface area contributed by atoms with Gasteiger partial charge in [-0.25, -0.2) is 4.79 Å². The number of aliphatic hydroxyl groups excluding tert-OH is 1. The Bertz CT molecular complexity index is 446. The van der Waals surface area contributed by atoms with Crippen molar-refractivity contribution in [3.63, 3.8) is 0 Å². The zero-order chi connectivity index (χ0) is 16.5. The van der Waals surface area contributed by atoms with Crippen molar-refractivity contribution in [3.05, 3.63) is 29.8 Å². The summed E-state index contributed by atoms with van der Waals surface area (Å²) >= 11 is 0. The van der Waals surface area contributed by atoms with Crippen LogP contribution in [0.5, 0.6) is 5.75 Å². The number of nitrogens with one attached hydrogen (secondary N) is 2. The monoisotopic (exact) mass is 308 g/mol. The van der Waals surface area contributed by atoms with Gasteiger partial charge in [0, 0.05) is 6.04 Å². The molecule has 5 heteroatoms. The number of hydrogen-bond acceptors (Lipinski definition) is 3. The molecule has 3 N–H and O–H groups in total. The lowest BCUT2D eigenvalue weighted by atomic mass is 10.1. The Kier molecular flexibility index (Phi) is 7.74. The van der Waals surface area contributed by atoms with Gasteiger partial charge in [-0.1, -0.05) is 12.1 Å². The molecule has 1 aromatic carbocycles. The predicted molar refractivity (Wildman–Crippen MR) is 88.2 cm³/mol. The maximum Gasteiger partial charge on any atom is 0.315 e. The van der Waals surface area contributed by atoms with E-state index in [2.05, 4.69) is 22.8 Å². The topological polar surface area (TPSA) is 70.6 Å². The van der Waals surface area contributed by atoms with Crippen LogP contribution in [0.3, 0.4) is 0 Å². The Morgan fingerprint density at radius 3 is 2.23 bits per heavy atom. The van der Waals surface area contributed by atoms with E-state index in [1.54, 1.807) is 6.92 Å². The quantitative estimate of drug-likeness (QED) is 0.691. The van der Waals surface area contributed by atoms with Gasteiger partial charge >= 0.3 is 6.03 Å². The number of hydrogen-bond donors (Lipinski definition) is 3. The van der Waals surface area contributed by atoms with Crippen LogP contribution < -0.4 is 15.4 Å². The highest BCUT2D eigenvalue weighted by Gasteiger charge is 2.09. The highest BCUT2D eigenvalue weighted by molar-refractivity contribution is 5.74. The highest BCUT2D eigenvalue weighted by atomic mass is 16.5. The lowest BCUT2D eigenvalue weighted by Crippen LogP contribution is -2.45.